The highest BCUT2D eigenvalue weighted by Gasteiger charge is 2.33. The number of carbonyl (C=O) groups excluding carboxylic acids is 1. The maximum Gasteiger partial charge on any atom is 0.410 e. The van der Waals surface area contributed by atoms with Gasteiger partial charge in [-0.2, -0.15) is 0 Å². The van der Waals surface area contributed by atoms with Crippen molar-refractivity contribution in [2.24, 2.45) is 0 Å². The van der Waals surface area contributed by atoms with Gasteiger partial charge < -0.3 is 14.5 Å². The monoisotopic (exact) mass is 548 g/mol. The van der Waals surface area contributed by atoms with Crippen molar-refractivity contribution >= 4 is 33.0 Å². The number of rotatable bonds is 4. The van der Waals surface area contributed by atoms with Crippen LogP contribution in [0.1, 0.15) is 33.3 Å². The van der Waals surface area contributed by atoms with E-state index in [1.807, 2.05) is 46.8 Å². The van der Waals surface area contributed by atoms with Gasteiger partial charge in [0.25, 0.3) is 10.0 Å². The number of anilines is 1. The van der Waals surface area contributed by atoms with Crippen molar-refractivity contribution in [2.45, 2.75) is 51.2 Å². The number of hydrogen-bond acceptors (Lipinski definition) is 8. The quantitative estimate of drug-likeness (QED) is 0.367. The number of carbonyl (C=O) groups is 1. The average molecular weight is 549 g/mol. The predicted molar refractivity (Wildman–Crippen MR) is 149 cm³/mol. The smallest absolute Gasteiger partial charge is 0.410 e. The van der Waals surface area contributed by atoms with Crippen molar-refractivity contribution in [1.82, 2.24) is 23.8 Å². The van der Waals surface area contributed by atoms with Crippen molar-refractivity contribution in [2.75, 3.05) is 24.5 Å². The molecule has 0 saturated carbocycles. The number of amides is 1. The number of aromatic nitrogens is 4. The fourth-order valence-corrected chi connectivity index (χ4v) is 6.04. The van der Waals surface area contributed by atoms with Crippen LogP contribution in [0.4, 0.5) is 10.6 Å². The Hall–Kier alpha value is -3.99. The van der Waals surface area contributed by atoms with Gasteiger partial charge in [-0.15, -0.1) is 0 Å². The topological polar surface area (TPSA) is 111 Å². The Morgan fingerprint density at radius 2 is 1.77 bits per heavy atom. The second-order valence-corrected chi connectivity index (χ2v) is 12.6. The second kappa shape index (κ2) is 9.96. The summed E-state index contributed by atoms with van der Waals surface area (Å²) in [5.74, 6) is 0.592. The van der Waals surface area contributed by atoms with E-state index in [1.54, 1.807) is 47.6 Å². The van der Waals surface area contributed by atoms with Crippen molar-refractivity contribution < 1.29 is 17.9 Å². The molecule has 4 aromatic rings. The third-order valence-electron chi connectivity index (χ3n) is 6.60. The molecular weight excluding hydrogens is 516 g/mol. The van der Waals surface area contributed by atoms with Crippen LogP contribution in [0.3, 0.4) is 0 Å². The van der Waals surface area contributed by atoms with E-state index in [1.165, 1.54) is 10.3 Å². The van der Waals surface area contributed by atoms with Crippen LogP contribution in [-0.2, 0) is 14.8 Å². The number of benzene rings is 1. The van der Waals surface area contributed by atoms with Gasteiger partial charge in [0.1, 0.15) is 17.7 Å². The summed E-state index contributed by atoms with van der Waals surface area (Å²) >= 11 is 0. The highest BCUT2D eigenvalue weighted by atomic mass is 32.2. The van der Waals surface area contributed by atoms with Crippen LogP contribution >= 0.6 is 0 Å². The number of nitrogens with zero attached hydrogens (tertiary/aromatic N) is 6. The number of aryl methyl sites for hydroxylation is 1. The molecule has 5 rings (SSSR count). The first kappa shape index (κ1) is 26.6. The summed E-state index contributed by atoms with van der Waals surface area (Å²) in [6.45, 7) is 10.8. The molecule has 1 saturated heterocycles. The van der Waals surface area contributed by atoms with Gasteiger partial charge >= 0.3 is 6.09 Å². The van der Waals surface area contributed by atoms with Crippen LogP contribution in [-0.4, -0.2) is 69.6 Å². The van der Waals surface area contributed by atoms with Crippen molar-refractivity contribution in [3.63, 3.8) is 0 Å². The molecule has 204 valence electrons. The molecule has 0 aliphatic carbocycles. The summed E-state index contributed by atoms with van der Waals surface area (Å²) in [4.78, 5) is 30.2. The first-order valence-corrected chi connectivity index (χ1v) is 14.2. The van der Waals surface area contributed by atoms with Crippen LogP contribution in [0.5, 0.6) is 0 Å². The van der Waals surface area contributed by atoms with Crippen molar-refractivity contribution in [3.8, 4) is 11.3 Å². The maximum absolute atomic E-state index is 13.8. The van der Waals surface area contributed by atoms with Gasteiger partial charge in [0.2, 0.25) is 0 Å². The summed E-state index contributed by atoms with van der Waals surface area (Å²) in [7, 11) is -3.96. The molecule has 0 N–H and O–H groups in total. The van der Waals surface area contributed by atoms with Gasteiger partial charge in [-0.3, -0.25) is 4.98 Å². The molecule has 3 aromatic heterocycles. The minimum Gasteiger partial charge on any atom is -0.444 e. The molecule has 4 heterocycles. The van der Waals surface area contributed by atoms with E-state index in [0.29, 0.717) is 42.1 Å². The molecule has 11 heteroatoms. The summed E-state index contributed by atoms with van der Waals surface area (Å²) < 4.78 is 34.4. The van der Waals surface area contributed by atoms with Gasteiger partial charge in [0, 0.05) is 43.6 Å². The van der Waals surface area contributed by atoms with Crippen molar-refractivity contribution in [1.29, 1.82) is 0 Å². The Kier molecular flexibility index (Phi) is 6.79. The normalized spacial score (nSPS) is 16.5. The number of hydrogen-bond donors (Lipinski definition) is 0. The van der Waals surface area contributed by atoms with Gasteiger partial charge in [-0.05, 0) is 58.9 Å². The van der Waals surface area contributed by atoms with Crippen LogP contribution in [0.25, 0.3) is 22.3 Å². The predicted octanol–water partition coefficient (Wildman–Crippen LogP) is 4.48. The summed E-state index contributed by atoms with van der Waals surface area (Å²) in [6.07, 6.45) is 4.26. The lowest BCUT2D eigenvalue weighted by Crippen LogP contribution is -2.54. The average Bonchev–Trinajstić information content (AvgIpc) is 3.29. The maximum atomic E-state index is 13.8. The molecule has 1 amide bonds. The first-order chi connectivity index (χ1) is 18.5. The van der Waals surface area contributed by atoms with Crippen LogP contribution in [0, 0.1) is 6.92 Å². The Labute approximate surface area is 228 Å². The van der Waals surface area contributed by atoms with E-state index in [-0.39, 0.29) is 22.7 Å². The molecule has 1 aromatic carbocycles. The minimum absolute atomic E-state index is 0.113. The van der Waals surface area contributed by atoms with Gasteiger partial charge in [-0.25, -0.2) is 27.2 Å². The third-order valence-corrected chi connectivity index (χ3v) is 8.27. The van der Waals surface area contributed by atoms with Crippen LogP contribution < -0.4 is 4.90 Å². The molecule has 1 aliphatic rings. The number of ether oxygens (including phenoxy) is 1. The van der Waals surface area contributed by atoms with E-state index < -0.39 is 15.6 Å². The van der Waals surface area contributed by atoms with Gasteiger partial charge in [0.15, 0.2) is 5.65 Å². The largest absolute Gasteiger partial charge is 0.444 e. The molecule has 1 fully saturated rings. The fourth-order valence-electron chi connectivity index (χ4n) is 4.72. The molecule has 1 atom stereocenters. The lowest BCUT2D eigenvalue weighted by atomic mass is 10.1. The molecule has 10 nitrogen and oxygen atoms in total. The molecule has 0 radical (unpaired) electrons. The summed E-state index contributed by atoms with van der Waals surface area (Å²) in [5.41, 5.74) is 1.86. The second-order valence-electron chi connectivity index (χ2n) is 10.7. The minimum atomic E-state index is -3.96. The number of pyridine rings is 1. The van der Waals surface area contributed by atoms with Gasteiger partial charge in [0.05, 0.1) is 16.0 Å². The molecule has 0 bridgehead atoms. The van der Waals surface area contributed by atoms with E-state index in [2.05, 4.69) is 19.9 Å². The van der Waals surface area contributed by atoms with Crippen LogP contribution in [0.15, 0.2) is 66.1 Å². The summed E-state index contributed by atoms with van der Waals surface area (Å²) in [6, 6.07) is 12.1. The molecular formula is C28H32N6O4S. The van der Waals surface area contributed by atoms with E-state index in [9.17, 15) is 13.2 Å². The first-order valence-electron chi connectivity index (χ1n) is 12.8. The Balaban J connectivity index is 1.61. The third kappa shape index (κ3) is 5.18. The molecule has 0 spiro atoms. The Morgan fingerprint density at radius 1 is 1.03 bits per heavy atom. The van der Waals surface area contributed by atoms with Crippen molar-refractivity contribution in [3.05, 3.63) is 66.7 Å². The molecule has 0 unspecified atom stereocenters. The number of fused-ring (bicyclic) bond motifs is 1. The van der Waals surface area contributed by atoms with E-state index >= 15 is 0 Å². The number of piperazine rings is 1. The van der Waals surface area contributed by atoms with E-state index in [0.717, 1.165) is 5.56 Å². The zero-order valence-corrected chi connectivity index (χ0v) is 23.5. The highest BCUT2D eigenvalue weighted by Crippen LogP contribution is 2.37. The lowest BCUT2D eigenvalue weighted by Gasteiger charge is -2.41. The molecule has 1 aliphatic heterocycles. The zero-order chi connectivity index (χ0) is 27.9. The molecule has 39 heavy (non-hydrogen) atoms. The van der Waals surface area contributed by atoms with Gasteiger partial charge in [-0.1, -0.05) is 23.8 Å². The zero-order valence-electron chi connectivity index (χ0n) is 22.7. The summed E-state index contributed by atoms with van der Waals surface area (Å²) in [5, 5.41) is 0.587. The SMILES string of the molecule is Cc1ccc(S(=O)(=O)n2cc(-c3ccccn3)c3c(N4CCN(C(=O)OC(C)(C)C)C[C@@H]4C)ncnc32)cc1. The fraction of sp³-hybridized carbons (Fsp3) is 0.357. The lowest BCUT2D eigenvalue weighted by molar-refractivity contribution is 0.0218. The Morgan fingerprint density at radius 3 is 2.41 bits per heavy atom. The van der Waals surface area contributed by atoms with Crippen LogP contribution in [0.2, 0.25) is 0 Å². The standard InChI is InChI=1S/C28H32N6O4S/c1-19-9-11-21(12-10-19)39(36,37)34-17-22(23-8-6-7-13-29-23)24-25(30-18-31-26(24)34)33-15-14-32(16-20(33)2)27(35)38-28(3,4)5/h6-13,17-18,20H,14-16H2,1-5H3/t20-/m0/s1. The highest BCUT2D eigenvalue weighted by molar-refractivity contribution is 7.90. The van der Waals surface area contributed by atoms with E-state index in [4.69, 9.17) is 4.74 Å². The Bertz CT molecular complexity index is 1610.